The zero-order chi connectivity index (χ0) is 23.6. The summed E-state index contributed by atoms with van der Waals surface area (Å²) in [5.74, 6) is 0.0744. The Morgan fingerprint density at radius 2 is 1.97 bits per heavy atom. The van der Waals surface area contributed by atoms with Gasteiger partial charge in [-0.05, 0) is 43.5 Å². The van der Waals surface area contributed by atoms with Crippen molar-refractivity contribution in [2.75, 3.05) is 18.0 Å². The largest absolute Gasteiger partial charge is 0.433 e. The van der Waals surface area contributed by atoms with E-state index in [9.17, 15) is 22.8 Å². The highest BCUT2D eigenvalue weighted by Crippen LogP contribution is 2.31. The van der Waals surface area contributed by atoms with Crippen molar-refractivity contribution in [1.82, 2.24) is 14.9 Å². The van der Waals surface area contributed by atoms with Gasteiger partial charge >= 0.3 is 12.2 Å². The Kier molecular flexibility index (Phi) is 7.07. The minimum atomic E-state index is -4.56. The van der Waals surface area contributed by atoms with Crippen molar-refractivity contribution in [3.8, 4) is 0 Å². The molecule has 0 unspecified atom stereocenters. The van der Waals surface area contributed by atoms with E-state index in [1.807, 2.05) is 13.8 Å². The van der Waals surface area contributed by atoms with Crippen LogP contribution >= 0.6 is 11.6 Å². The normalized spacial score (nSPS) is 16.9. The summed E-state index contributed by atoms with van der Waals surface area (Å²) < 4.78 is 38.4. The second-order valence-corrected chi connectivity index (χ2v) is 8.70. The Hall–Kier alpha value is -2.68. The summed E-state index contributed by atoms with van der Waals surface area (Å²) in [6.45, 7) is 5.93. The molecule has 3 heterocycles. The molecule has 2 aromatic heterocycles. The Morgan fingerprint density at radius 3 is 2.53 bits per heavy atom. The van der Waals surface area contributed by atoms with E-state index in [1.165, 1.54) is 15.9 Å². The zero-order valence-electron chi connectivity index (χ0n) is 18.0. The van der Waals surface area contributed by atoms with Crippen molar-refractivity contribution in [2.24, 2.45) is 5.92 Å². The van der Waals surface area contributed by atoms with Crippen LogP contribution in [0.15, 0.2) is 30.5 Å². The van der Waals surface area contributed by atoms with E-state index in [-0.39, 0.29) is 42.9 Å². The number of anilines is 1. The molecule has 1 atom stereocenters. The van der Waals surface area contributed by atoms with E-state index in [0.29, 0.717) is 22.8 Å². The number of aryl methyl sites for hydroxylation is 1. The van der Waals surface area contributed by atoms with Crippen LogP contribution in [0.25, 0.3) is 0 Å². The molecule has 1 saturated heterocycles. The minimum absolute atomic E-state index is 0.0536. The van der Waals surface area contributed by atoms with Crippen molar-refractivity contribution in [2.45, 2.75) is 45.8 Å². The minimum Gasteiger partial charge on any atom is -0.312 e. The Morgan fingerprint density at radius 1 is 1.25 bits per heavy atom. The van der Waals surface area contributed by atoms with Gasteiger partial charge in [-0.3, -0.25) is 14.7 Å². The highest BCUT2D eigenvalue weighted by molar-refractivity contribution is 6.31. The quantitative estimate of drug-likeness (QED) is 0.578. The van der Waals surface area contributed by atoms with Crippen LogP contribution < -0.4 is 4.90 Å². The standard InChI is InChI=1S/C22H24ClF3N4O2/c1-13(2)8-17-11-29(16-5-7-20(27-10-16)22(24,25)26)21(32)30(17)12-18(31)9-15-4-6-19(23)14(3)28-15/h4-7,10,13,17H,8-9,11-12H2,1-3H3/t17-/m0/s1. The van der Waals surface area contributed by atoms with Gasteiger partial charge in [0.1, 0.15) is 5.69 Å². The Balaban J connectivity index is 1.76. The summed E-state index contributed by atoms with van der Waals surface area (Å²) in [7, 11) is 0. The molecule has 0 aromatic carbocycles. The molecule has 0 bridgehead atoms. The number of alkyl halides is 3. The van der Waals surface area contributed by atoms with E-state index in [4.69, 9.17) is 11.6 Å². The van der Waals surface area contributed by atoms with Crippen molar-refractivity contribution in [3.63, 3.8) is 0 Å². The lowest BCUT2D eigenvalue weighted by atomic mass is 10.0. The third-order valence-corrected chi connectivity index (χ3v) is 5.61. The first-order chi connectivity index (χ1) is 15.0. The van der Waals surface area contributed by atoms with Crippen LogP contribution in [-0.4, -0.2) is 45.8 Å². The average molecular weight is 469 g/mol. The van der Waals surface area contributed by atoms with E-state index in [2.05, 4.69) is 9.97 Å². The smallest absolute Gasteiger partial charge is 0.312 e. The molecule has 32 heavy (non-hydrogen) atoms. The first kappa shape index (κ1) is 24.0. The maximum atomic E-state index is 13.1. The molecule has 6 nitrogen and oxygen atoms in total. The number of pyridine rings is 2. The average Bonchev–Trinajstić information content (AvgIpc) is 2.99. The molecule has 0 aliphatic carbocycles. The molecule has 1 fully saturated rings. The van der Waals surface area contributed by atoms with Crippen molar-refractivity contribution < 1.29 is 22.8 Å². The lowest BCUT2D eigenvalue weighted by Gasteiger charge is -2.23. The monoisotopic (exact) mass is 468 g/mol. The van der Waals surface area contributed by atoms with Crippen molar-refractivity contribution in [3.05, 3.63) is 52.6 Å². The van der Waals surface area contributed by atoms with Crippen LogP contribution in [-0.2, 0) is 17.4 Å². The van der Waals surface area contributed by atoms with E-state index >= 15 is 0 Å². The number of Topliss-reactive ketones (excluding diaryl/α,β-unsaturated/α-hetero) is 1. The fraction of sp³-hybridized carbons (Fsp3) is 0.455. The summed E-state index contributed by atoms with van der Waals surface area (Å²) >= 11 is 5.98. The topological polar surface area (TPSA) is 66.4 Å². The number of hydrogen-bond donors (Lipinski definition) is 0. The molecular weight excluding hydrogens is 445 g/mol. The molecule has 172 valence electrons. The van der Waals surface area contributed by atoms with Crippen LogP contribution in [0.2, 0.25) is 5.02 Å². The number of ketones is 1. The summed E-state index contributed by atoms with van der Waals surface area (Å²) in [6.07, 6.45) is -2.81. The van der Waals surface area contributed by atoms with Gasteiger partial charge in [-0.15, -0.1) is 0 Å². The van der Waals surface area contributed by atoms with Gasteiger partial charge in [-0.25, -0.2) is 9.78 Å². The third kappa shape index (κ3) is 5.56. The van der Waals surface area contributed by atoms with Crippen molar-refractivity contribution in [1.29, 1.82) is 0 Å². The molecule has 3 rings (SSSR count). The second kappa shape index (κ2) is 9.44. The first-order valence-electron chi connectivity index (χ1n) is 10.2. The summed E-state index contributed by atoms with van der Waals surface area (Å²) in [4.78, 5) is 36.4. The molecule has 0 radical (unpaired) electrons. The fourth-order valence-corrected chi connectivity index (χ4v) is 3.82. The highest BCUT2D eigenvalue weighted by atomic mass is 35.5. The molecule has 2 amide bonds. The van der Waals surface area contributed by atoms with Gasteiger partial charge in [-0.1, -0.05) is 25.4 Å². The van der Waals surface area contributed by atoms with E-state index in [0.717, 1.165) is 12.3 Å². The Bertz CT molecular complexity index is 996. The van der Waals surface area contributed by atoms with Gasteiger partial charge in [0, 0.05) is 12.2 Å². The first-order valence-corrected chi connectivity index (χ1v) is 10.6. The van der Waals surface area contributed by atoms with E-state index in [1.54, 1.807) is 19.1 Å². The summed E-state index contributed by atoms with van der Waals surface area (Å²) in [5.41, 5.74) is 0.423. The lowest BCUT2D eigenvalue weighted by molar-refractivity contribution is -0.141. The number of nitrogens with zero attached hydrogens (tertiary/aromatic N) is 4. The van der Waals surface area contributed by atoms with Gasteiger partial charge < -0.3 is 4.90 Å². The number of aromatic nitrogens is 2. The number of hydrogen-bond acceptors (Lipinski definition) is 4. The molecule has 0 spiro atoms. The summed E-state index contributed by atoms with van der Waals surface area (Å²) in [5, 5.41) is 0.508. The van der Waals surface area contributed by atoms with Gasteiger partial charge in [0.25, 0.3) is 0 Å². The third-order valence-electron chi connectivity index (χ3n) is 5.21. The number of carbonyl (C=O) groups excluding carboxylic acids is 2. The molecule has 2 aromatic rings. The molecule has 10 heteroatoms. The summed E-state index contributed by atoms with van der Waals surface area (Å²) in [6, 6.07) is 4.76. The zero-order valence-corrected chi connectivity index (χ0v) is 18.7. The van der Waals surface area contributed by atoms with Crippen LogP contribution in [0.1, 0.15) is 37.4 Å². The van der Waals surface area contributed by atoms with Crippen LogP contribution in [0, 0.1) is 12.8 Å². The van der Waals surface area contributed by atoms with Gasteiger partial charge in [-0.2, -0.15) is 13.2 Å². The van der Waals surface area contributed by atoms with Crippen molar-refractivity contribution >= 4 is 29.1 Å². The number of rotatable bonds is 7. The fourth-order valence-electron chi connectivity index (χ4n) is 3.71. The van der Waals surface area contributed by atoms with Crippen LogP contribution in [0.4, 0.5) is 23.7 Å². The lowest BCUT2D eigenvalue weighted by Crippen LogP contribution is -2.40. The molecule has 0 saturated carbocycles. The molecule has 1 aliphatic rings. The second-order valence-electron chi connectivity index (χ2n) is 8.29. The highest BCUT2D eigenvalue weighted by Gasteiger charge is 2.40. The van der Waals surface area contributed by atoms with Crippen LogP contribution in [0.5, 0.6) is 0 Å². The number of amides is 2. The van der Waals surface area contributed by atoms with E-state index < -0.39 is 17.9 Å². The van der Waals surface area contributed by atoms with Crippen LogP contribution in [0.3, 0.4) is 0 Å². The van der Waals surface area contributed by atoms with Gasteiger partial charge in [0.05, 0.1) is 41.6 Å². The number of halogens is 4. The predicted molar refractivity (Wildman–Crippen MR) is 115 cm³/mol. The molecular formula is C22H24ClF3N4O2. The maximum absolute atomic E-state index is 13.1. The maximum Gasteiger partial charge on any atom is 0.433 e. The predicted octanol–water partition coefficient (Wildman–Crippen LogP) is 4.93. The Labute approximate surface area is 189 Å². The number of carbonyl (C=O) groups is 2. The SMILES string of the molecule is Cc1nc(CC(=O)CN2C(=O)N(c3ccc(C(F)(F)F)nc3)C[C@@H]2CC(C)C)ccc1Cl. The number of urea groups is 1. The molecule has 1 aliphatic heterocycles. The molecule has 0 N–H and O–H groups in total. The van der Waals surface area contributed by atoms with Gasteiger partial charge in [0.15, 0.2) is 5.78 Å². The van der Waals surface area contributed by atoms with Gasteiger partial charge in [0.2, 0.25) is 0 Å².